The molecule has 2 amide bonds. The maximum absolute atomic E-state index is 14.4. The lowest BCUT2D eigenvalue weighted by Crippen LogP contribution is -2.41. The Bertz CT molecular complexity index is 1300. The van der Waals surface area contributed by atoms with Crippen LogP contribution in [0.1, 0.15) is 41.0 Å². The van der Waals surface area contributed by atoms with Crippen molar-refractivity contribution >= 4 is 23.3 Å². The van der Waals surface area contributed by atoms with Crippen LogP contribution in [0.5, 0.6) is 0 Å². The fraction of sp³-hybridized carbons (Fsp3) is 0.261. The van der Waals surface area contributed by atoms with Crippen LogP contribution in [0.4, 0.5) is 29.1 Å². The van der Waals surface area contributed by atoms with Gasteiger partial charge in [-0.2, -0.15) is 13.2 Å². The molecule has 1 atom stereocenters. The molecule has 4 rings (SSSR count). The van der Waals surface area contributed by atoms with Crippen LogP contribution in [0.25, 0.3) is 0 Å². The first-order chi connectivity index (χ1) is 17.1. The summed E-state index contributed by atoms with van der Waals surface area (Å²) in [6.45, 7) is 1.41. The Morgan fingerprint density at radius 2 is 1.89 bits per heavy atom. The maximum atomic E-state index is 14.4. The number of carbonyl (C=O) groups excluding carboxylic acids is 2. The van der Waals surface area contributed by atoms with Crippen LogP contribution in [0.15, 0.2) is 42.9 Å². The molecule has 13 heteroatoms. The van der Waals surface area contributed by atoms with E-state index < -0.39 is 35.4 Å². The van der Waals surface area contributed by atoms with Crippen molar-refractivity contribution in [2.24, 2.45) is 0 Å². The Kier molecular flexibility index (Phi) is 6.84. The largest absolute Gasteiger partial charge is 0.417 e. The molecule has 1 aliphatic heterocycles. The molecule has 1 aliphatic rings. The smallest absolute Gasteiger partial charge is 0.383 e. The van der Waals surface area contributed by atoms with Gasteiger partial charge in [0.2, 0.25) is 0 Å². The highest BCUT2D eigenvalue weighted by Gasteiger charge is 2.33. The first kappa shape index (κ1) is 25.0. The van der Waals surface area contributed by atoms with Crippen LogP contribution in [0, 0.1) is 5.82 Å². The summed E-state index contributed by atoms with van der Waals surface area (Å²) in [5, 5.41) is 2.47. The Morgan fingerprint density at radius 3 is 2.56 bits per heavy atom. The number of rotatable bonds is 5. The molecule has 9 nitrogen and oxygen atoms in total. The van der Waals surface area contributed by atoms with Gasteiger partial charge in [0, 0.05) is 23.5 Å². The fourth-order valence-corrected chi connectivity index (χ4v) is 3.70. The number of alkyl halides is 3. The third-order valence-corrected chi connectivity index (χ3v) is 5.66. The summed E-state index contributed by atoms with van der Waals surface area (Å²) in [7, 11) is 0. The number of fused-ring (bicyclic) bond motifs is 1. The average molecular weight is 504 g/mol. The predicted molar refractivity (Wildman–Crippen MR) is 118 cm³/mol. The van der Waals surface area contributed by atoms with Gasteiger partial charge in [-0.25, -0.2) is 9.37 Å². The minimum Gasteiger partial charge on any atom is -0.383 e. The molecular weight excluding hydrogens is 484 g/mol. The predicted octanol–water partition coefficient (Wildman–Crippen LogP) is 3.37. The van der Waals surface area contributed by atoms with Crippen LogP contribution in [0.3, 0.4) is 0 Å². The summed E-state index contributed by atoms with van der Waals surface area (Å²) in [5.41, 5.74) is 6.16. The van der Waals surface area contributed by atoms with Crippen molar-refractivity contribution in [2.45, 2.75) is 38.9 Å². The van der Waals surface area contributed by atoms with Gasteiger partial charge in [0.1, 0.15) is 11.6 Å². The van der Waals surface area contributed by atoms with E-state index in [0.29, 0.717) is 17.3 Å². The summed E-state index contributed by atoms with van der Waals surface area (Å²) < 4.78 is 58.5. The van der Waals surface area contributed by atoms with E-state index >= 15 is 0 Å². The second kappa shape index (κ2) is 9.85. The maximum Gasteiger partial charge on any atom is 0.417 e. The van der Waals surface area contributed by atoms with E-state index in [2.05, 4.69) is 20.3 Å². The average Bonchev–Trinajstić information content (AvgIpc) is 3.35. The van der Waals surface area contributed by atoms with E-state index in [1.807, 2.05) is 0 Å². The van der Waals surface area contributed by atoms with Gasteiger partial charge in [-0.05, 0) is 31.2 Å². The van der Waals surface area contributed by atoms with Crippen molar-refractivity contribution in [3.05, 3.63) is 76.8 Å². The molecule has 36 heavy (non-hydrogen) atoms. The van der Waals surface area contributed by atoms with Crippen molar-refractivity contribution in [1.29, 1.82) is 0 Å². The third-order valence-electron chi connectivity index (χ3n) is 5.66. The molecule has 188 valence electrons. The lowest BCUT2D eigenvalue weighted by Gasteiger charge is -2.28. The van der Waals surface area contributed by atoms with E-state index in [1.54, 1.807) is 0 Å². The van der Waals surface area contributed by atoms with Crippen molar-refractivity contribution < 1.29 is 31.9 Å². The Hall–Kier alpha value is -4.13. The topological polar surface area (TPSA) is 123 Å². The molecule has 0 spiro atoms. The third kappa shape index (κ3) is 5.10. The summed E-state index contributed by atoms with van der Waals surface area (Å²) in [4.78, 5) is 38.9. The molecular formula is C23H20F4N6O3. The van der Waals surface area contributed by atoms with Gasteiger partial charge in [0.15, 0.2) is 0 Å². The molecule has 0 saturated carbocycles. The molecule has 3 aromatic rings. The second-order valence-electron chi connectivity index (χ2n) is 7.98. The number of hydrogen-bond acceptors (Lipinski definition) is 7. The molecule has 1 unspecified atom stereocenters. The zero-order valence-corrected chi connectivity index (χ0v) is 18.8. The molecule has 0 aliphatic carbocycles. The Labute approximate surface area is 202 Å². The number of nitrogen functional groups attached to an aromatic ring is 1. The minimum atomic E-state index is -4.59. The van der Waals surface area contributed by atoms with Crippen molar-refractivity contribution in [3.8, 4) is 0 Å². The second-order valence-corrected chi connectivity index (χ2v) is 7.98. The lowest BCUT2D eigenvalue weighted by molar-refractivity contribution is -0.145. The van der Waals surface area contributed by atoms with E-state index in [4.69, 9.17) is 10.5 Å². The highest BCUT2D eigenvalue weighted by Crippen LogP contribution is 2.31. The fourth-order valence-electron chi connectivity index (χ4n) is 3.70. The molecule has 0 radical (unpaired) electrons. The monoisotopic (exact) mass is 504 g/mol. The summed E-state index contributed by atoms with van der Waals surface area (Å²) in [6.07, 6.45) is -1.37. The minimum absolute atomic E-state index is 0.0517. The van der Waals surface area contributed by atoms with Gasteiger partial charge in [-0.1, -0.05) is 0 Å². The molecule has 3 N–H and O–H groups in total. The number of nitrogens with one attached hydrogen (secondary N) is 1. The van der Waals surface area contributed by atoms with Gasteiger partial charge in [0.05, 0.1) is 54.6 Å². The number of aromatic nitrogens is 3. The van der Waals surface area contributed by atoms with E-state index in [-0.39, 0.29) is 42.7 Å². The number of halogens is 4. The van der Waals surface area contributed by atoms with Crippen molar-refractivity contribution in [3.63, 3.8) is 0 Å². The normalized spacial score (nSPS) is 13.7. The number of amides is 2. The van der Waals surface area contributed by atoms with Crippen LogP contribution in [-0.2, 0) is 40.3 Å². The Morgan fingerprint density at radius 1 is 1.14 bits per heavy atom. The number of pyridine rings is 3. The number of nitrogens with two attached hydrogens (primary N) is 1. The first-order valence-electron chi connectivity index (χ1n) is 10.6. The molecule has 0 bridgehead atoms. The number of ether oxygens (including phenoxy) is 1. The number of nitrogens with zero attached hydrogens (tertiary/aromatic N) is 4. The SMILES string of the molecule is CC(c1ncccc1F)N(Cc1ccc(C(F)(F)F)cn1)C(=O)C(=O)Nc1cnc(N)c2c1COC2. The standard InChI is InChI=1S/C23H20F4N6O3/c1-12(19-17(24)3-2-6-29-19)33(9-14-5-4-13(7-30-14)23(25,26)27)22(35)21(34)32-18-8-31-20(28)16-11-36-10-15(16)18/h2-8,12H,9-11H2,1H3,(H2,28,31)(H,32,34). The van der Waals surface area contributed by atoms with Crippen LogP contribution >= 0.6 is 0 Å². The van der Waals surface area contributed by atoms with Gasteiger partial charge in [0.25, 0.3) is 0 Å². The van der Waals surface area contributed by atoms with Gasteiger partial charge in [-0.15, -0.1) is 0 Å². The zero-order valence-electron chi connectivity index (χ0n) is 18.8. The van der Waals surface area contributed by atoms with Crippen LogP contribution in [-0.4, -0.2) is 31.7 Å². The molecule has 0 aromatic carbocycles. The number of hydrogen-bond donors (Lipinski definition) is 2. The van der Waals surface area contributed by atoms with Crippen molar-refractivity contribution in [2.75, 3.05) is 11.1 Å². The Balaban J connectivity index is 1.62. The summed E-state index contributed by atoms with van der Waals surface area (Å²) >= 11 is 0. The van der Waals surface area contributed by atoms with Gasteiger partial charge >= 0.3 is 18.0 Å². The summed E-state index contributed by atoms with van der Waals surface area (Å²) in [6, 6.07) is 3.32. The number of anilines is 2. The van der Waals surface area contributed by atoms with Gasteiger partial charge in [-0.3, -0.25) is 19.6 Å². The van der Waals surface area contributed by atoms with Crippen molar-refractivity contribution in [1.82, 2.24) is 19.9 Å². The van der Waals surface area contributed by atoms with E-state index in [9.17, 15) is 27.2 Å². The lowest BCUT2D eigenvalue weighted by atomic mass is 10.1. The van der Waals surface area contributed by atoms with Crippen LogP contribution in [0.2, 0.25) is 0 Å². The zero-order chi connectivity index (χ0) is 26.0. The van der Waals surface area contributed by atoms with Gasteiger partial charge < -0.3 is 20.7 Å². The van der Waals surface area contributed by atoms with E-state index in [1.165, 1.54) is 25.4 Å². The highest BCUT2D eigenvalue weighted by molar-refractivity contribution is 6.39. The summed E-state index contributed by atoms with van der Waals surface area (Å²) in [5.74, 6) is -2.65. The molecule has 3 aromatic heterocycles. The molecule has 0 fully saturated rings. The molecule has 0 saturated heterocycles. The first-order valence-corrected chi connectivity index (χ1v) is 10.6. The quantitative estimate of drug-likeness (QED) is 0.403. The highest BCUT2D eigenvalue weighted by atomic mass is 19.4. The van der Waals surface area contributed by atoms with Crippen LogP contribution < -0.4 is 11.1 Å². The molecule has 4 heterocycles. The van der Waals surface area contributed by atoms with E-state index in [0.717, 1.165) is 23.1 Å². The number of carbonyl (C=O) groups is 2.